The number of piperidine rings is 1. The van der Waals surface area contributed by atoms with Crippen molar-refractivity contribution in [1.82, 2.24) is 10.2 Å². The lowest BCUT2D eigenvalue weighted by molar-refractivity contribution is -0.152. The summed E-state index contributed by atoms with van der Waals surface area (Å²) in [6, 6.07) is -0.350. The van der Waals surface area contributed by atoms with Gasteiger partial charge in [-0.05, 0) is 38.6 Å². The number of carboxylic acid groups (broad SMARTS) is 1. The van der Waals surface area contributed by atoms with Gasteiger partial charge in [0.2, 0.25) is 5.91 Å². The molecule has 2 heterocycles. The van der Waals surface area contributed by atoms with Crippen molar-refractivity contribution in [3.63, 3.8) is 0 Å². The number of carbonyl (C=O) groups excluding carboxylic acids is 1. The third kappa shape index (κ3) is 2.97. The van der Waals surface area contributed by atoms with Crippen LogP contribution in [-0.4, -0.2) is 47.1 Å². The lowest BCUT2D eigenvalue weighted by atomic mass is 10.0. The SMILES string of the molecule is O=C(O)[C@H]1CCCCN1C(=O)CC1CCCN1. The van der Waals surface area contributed by atoms with Crippen LogP contribution in [0.1, 0.15) is 38.5 Å². The van der Waals surface area contributed by atoms with Crippen molar-refractivity contribution in [3.8, 4) is 0 Å². The van der Waals surface area contributed by atoms with Crippen molar-refractivity contribution < 1.29 is 14.7 Å². The smallest absolute Gasteiger partial charge is 0.326 e. The zero-order valence-electron chi connectivity index (χ0n) is 10.0. The van der Waals surface area contributed by atoms with Gasteiger partial charge in [0.1, 0.15) is 6.04 Å². The van der Waals surface area contributed by atoms with Gasteiger partial charge in [-0.15, -0.1) is 0 Å². The molecule has 17 heavy (non-hydrogen) atoms. The summed E-state index contributed by atoms with van der Waals surface area (Å²) in [4.78, 5) is 24.7. The van der Waals surface area contributed by atoms with Crippen molar-refractivity contribution in [3.05, 3.63) is 0 Å². The molecule has 1 unspecified atom stereocenters. The van der Waals surface area contributed by atoms with Crippen LogP contribution in [0, 0.1) is 0 Å². The minimum atomic E-state index is -0.863. The Hall–Kier alpha value is -1.10. The number of carboxylic acids is 1. The highest BCUT2D eigenvalue weighted by Gasteiger charge is 2.32. The van der Waals surface area contributed by atoms with Crippen LogP contribution in [-0.2, 0) is 9.59 Å². The number of nitrogens with zero attached hydrogens (tertiary/aromatic N) is 1. The first-order chi connectivity index (χ1) is 8.18. The fourth-order valence-corrected chi connectivity index (χ4v) is 2.75. The molecule has 2 rings (SSSR count). The van der Waals surface area contributed by atoms with E-state index in [9.17, 15) is 9.59 Å². The molecule has 0 bridgehead atoms. The van der Waals surface area contributed by atoms with E-state index < -0.39 is 12.0 Å². The first-order valence-electron chi connectivity index (χ1n) is 6.44. The molecule has 0 aromatic heterocycles. The first-order valence-corrected chi connectivity index (χ1v) is 6.44. The maximum absolute atomic E-state index is 12.1. The minimum absolute atomic E-state index is 0.00324. The number of hydrogen-bond donors (Lipinski definition) is 2. The van der Waals surface area contributed by atoms with Gasteiger partial charge in [-0.25, -0.2) is 4.79 Å². The van der Waals surface area contributed by atoms with Gasteiger partial charge in [-0.1, -0.05) is 0 Å². The topological polar surface area (TPSA) is 69.6 Å². The minimum Gasteiger partial charge on any atom is -0.480 e. The van der Waals surface area contributed by atoms with Crippen LogP contribution >= 0.6 is 0 Å². The number of rotatable bonds is 3. The second kappa shape index (κ2) is 5.49. The van der Waals surface area contributed by atoms with E-state index in [1.165, 1.54) is 0 Å². The molecule has 0 radical (unpaired) electrons. The predicted octanol–water partition coefficient (Wildman–Crippen LogP) is 0.594. The molecule has 0 saturated carbocycles. The van der Waals surface area contributed by atoms with Crippen molar-refractivity contribution in [2.24, 2.45) is 0 Å². The summed E-state index contributed by atoms with van der Waals surface area (Å²) in [6.45, 7) is 1.57. The number of carbonyl (C=O) groups is 2. The van der Waals surface area contributed by atoms with E-state index in [-0.39, 0.29) is 11.9 Å². The number of nitrogens with one attached hydrogen (secondary N) is 1. The van der Waals surface area contributed by atoms with Gasteiger partial charge < -0.3 is 15.3 Å². The normalized spacial score (nSPS) is 29.3. The Kier molecular flexibility index (Phi) is 3.99. The lowest BCUT2D eigenvalue weighted by Crippen LogP contribution is -2.49. The Balaban J connectivity index is 1.93. The second-order valence-electron chi connectivity index (χ2n) is 4.93. The van der Waals surface area contributed by atoms with Crippen LogP contribution in [0.5, 0.6) is 0 Å². The van der Waals surface area contributed by atoms with Crippen molar-refractivity contribution in [1.29, 1.82) is 0 Å². The molecule has 0 aromatic carbocycles. The van der Waals surface area contributed by atoms with Crippen LogP contribution < -0.4 is 5.32 Å². The van der Waals surface area contributed by atoms with E-state index in [1.54, 1.807) is 4.90 Å². The lowest BCUT2D eigenvalue weighted by Gasteiger charge is -2.33. The molecule has 2 atom stereocenters. The molecule has 2 N–H and O–H groups in total. The summed E-state index contributed by atoms with van der Waals surface area (Å²) in [5, 5.41) is 12.4. The first kappa shape index (κ1) is 12.4. The van der Waals surface area contributed by atoms with Crippen molar-refractivity contribution in [2.75, 3.05) is 13.1 Å². The molecular weight excluding hydrogens is 220 g/mol. The van der Waals surface area contributed by atoms with Gasteiger partial charge in [-0.3, -0.25) is 4.79 Å². The summed E-state index contributed by atoms with van der Waals surface area (Å²) >= 11 is 0. The van der Waals surface area contributed by atoms with E-state index in [0.29, 0.717) is 19.4 Å². The highest BCUT2D eigenvalue weighted by molar-refractivity contribution is 5.84. The molecule has 5 heteroatoms. The summed E-state index contributed by atoms with van der Waals surface area (Å²) in [5.74, 6) is -0.867. The van der Waals surface area contributed by atoms with Gasteiger partial charge in [-0.2, -0.15) is 0 Å². The molecule has 2 aliphatic rings. The van der Waals surface area contributed by atoms with Crippen LogP contribution in [0.4, 0.5) is 0 Å². The largest absolute Gasteiger partial charge is 0.480 e. The van der Waals surface area contributed by atoms with Crippen LogP contribution in [0.2, 0.25) is 0 Å². The van der Waals surface area contributed by atoms with Crippen LogP contribution in [0.15, 0.2) is 0 Å². The molecule has 2 aliphatic heterocycles. The van der Waals surface area contributed by atoms with E-state index in [4.69, 9.17) is 5.11 Å². The number of aliphatic carboxylic acids is 1. The zero-order chi connectivity index (χ0) is 12.3. The van der Waals surface area contributed by atoms with E-state index in [0.717, 1.165) is 32.2 Å². The second-order valence-corrected chi connectivity index (χ2v) is 4.93. The fourth-order valence-electron chi connectivity index (χ4n) is 2.75. The monoisotopic (exact) mass is 240 g/mol. The number of amides is 1. The van der Waals surface area contributed by atoms with Gasteiger partial charge in [0.15, 0.2) is 0 Å². The zero-order valence-corrected chi connectivity index (χ0v) is 10.0. The standard InChI is InChI=1S/C12H20N2O3/c15-11(8-9-4-3-6-13-9)14-7-2-1-5-10(14)12(16)17/h9-10,13H,1-8H2,(H,16,17)/t9?,10-/m1/s1. The molecule has 0 aliphatic carbocycles. The summed E-state index contributed by atoms with van der Waals surface area (Å²) in [6.07, 6.45) is 5.01. The number of hydrogen-bond acceptors (Lipinski definition) is 3. The number of likely N-dealkylation sites (tertiary alicyclic amines) is 1. The summed E-state index contributed by atoms with van der Waals surface area (Å²) in [7, 11) is 0. The van der Waals surface area contributed by atoms with Gasteiger partial charge in [0.05, 0.1) is 0 Å². The van der Waals surface area contributed by atoms with Crippen molar-refractivity contribution in [2.45, 2.75) is 50.6 Å². The van der Waals surface area contributed by atoms with Crippen LogP contribution in [0.25, 0.3) is 0 Å². The highest BCUT2D eigenvalue weighted by Crippen LogP contribution is 2.20. The van der Waals surface area contributed by atoms with E-state index in [1.807, 2.05) is 0 Å². The molecule has 0 aromatic rings. The average molecular weight is 240 g/mol. The fraction of sp³-hybridized carbons (Fsp3) is 0.833. The molecule has 0 spiro atoms. The Labute approximate surface area is 101 Å². The molecule has 5 nitrogen and oxygen atoms in total. The Morgan fingerprint density at radius 1 is 1.24 bits per heavy atom. The third-order valence-corrected chi connectivity index (χ3v) is 3.69. The molecule has 1 amide bonds. The van der Waals surface area contributed by atoms with Gasteiger partial charge in [0.25, 0.3) is 0 Å². The Morgan fingerprint density at radius 2 is 2.06 bits per heavy atom. The average Bonchev–Trinajstić information content (AvgIpc) is 2.81. The maximum Gasteiger partial charge on any atom is 0.326 e. The molecule has 2 saturated heterocycles. The van der Waals surface area contributed by atoms with Crippen LogP contribution in [0.3, 0.4) is 0 Å². The summed E-state index contributed by atoms with van der Waals surface area (Å²) < 4.78 is 0. The Morgan fingerprint density at radius 3 is 2.71 bits per heavy atom. The van der Waals surface area contributed by atoms with E-state index >= 15 is 0 Å². The van der Waals surface area contributed by atoms with Gasteiger partial charge >= 0.3 is 5.97 Å². The van der Waals surface area contributed by atoms with Crippen molar-refractivity contribution >= 4 is 11.9 Å². The molecular formula is C12H20N2O3. The quantitative estimate of drug-likeness (QED) is 0.757. The summed E-state index contributed by atoms with van der Waals surface area (Å²) in [5.41, 5.74) is 0. The molecule has 2 fully saturated rings. The molecule has 96 valence electrons. The van der Waals surface area contributed by atoms with Gasteiger partial charge in [0, 0.05) is 19.0 Å². The van der Waals surface area contributed by atoms with E-state index in [2.05, 4.69) is 5.32 Å². The third-order valence-electron chi connectivity index (χ3n) is 3.69. The Bertz CT molecular complexity index is 300. The maximum atomic E-state index is 12.1. The predicted molar refractivity (Wildman–Crippen MR) is 62.6 cm³/mol. The highest BCUT2D eigenvalue weighted by atomic mass is 16.4.